The van der Waals surface area contributed by atoms with Crippen LogP contribution in [0.4, 0.5) is 0 Å². The van der Waals surface area contributed by atoms with E-state index in [-0.39, 0.29) is 0 Å². The summed E-state index contributed by atoms with van der Waals surface area (Å²) < 4.78 is 0. The topological polar surface area (TPSA) is 0 Å². The van der Waals surface area contributed by atoms with Gasteiger partial charge >= 0.3 is 0 Å². The third kappa shape index (κ3) is 4.77. The summed E-state index contributed by atoms with van der Waals surface area (Å²) in [4.78, 5) is 0. The zero-order chi connectivity index (χ0) is 24.9. The van der Waals surface area contributed by atoms with Crippen molar-refractivity contribution in [2.75, 3.05) is 0 Å². The van der Waals surface area contributed by atoms with Crippen LogP contribution >= 0.6 is 7.92 Å². The van der Waals surface area contributed by atoms with E-state index in [1.807, 2.05) is 0 Å². The minimum atomic E-state index is -0.723. The lowest BCUT2D eigenvalue weighted by Gasteiger charge is -2.24. The van der Waals surface area contributed by atoms with Crippen LogP contribution in [-0.2, 0) is 0 Å². The van der Waals surface area contributed by atoms with Crippen LogP contribution in [0.2, 0.25) is 0 Å². The summed E-state index contributed by atoms with van der Waals surface area (Å²) in [5.41, 5.74) is 7.55. The van der Waals surface area contributed by atoms with E-state index in [1.54, 1.807) is 0 Å². The second-order valence-electron chi connectivity index (χ2n) is 8.98. The van der Waals surface area contributed by atoms with Crippen molar-refractivity contribution in [3.05, 3.63) is 164 Å². The molecule has 0 N–H and O–H groups in total. The molecule has 0 saturated heterocycles. The van der Waals surface area contributed by atoms with Crippen LogP contribution in [0, 0.1) is 0 Å². The van der Waals surface area contributed by atoms with Crippen molar-refractivity contribution in [1.82, 2.24) is 0 Å². The first-order valence-electron chi connectivity index (χ1n) is 12.6. The fraction of sp³-hybridized carbons (Fsp3) is 0. The molecule has 0 amide bonds. The van der Waals surface area contributed by atoms with Gasteiger partial charge in [0.1, 0.15) is 0 Å². The summed E-state index contributed by atoms with van der Waals surface area (Å²) in [6.45, 7) is 0. The van der Waals surface area contributed by atoms with Crippen LogP contribution in [-0.4, -0.2) is 0 Å². The van der Waals surface area contributed by atoms with E-state index in [2.05, 4.69) is 164 Å². The third-order valence-corrected chi connectivity index (χ3v) is 9.19. The lowest BCUT2D eigenvalue weighted by molar-refractivity contribution is 1.57. The van der Waals surface area contributed by atoms with Crippen molar-refractivity contribution >= 4 is 23.8 Å². The second-order valence-corrected chi connectivity index (χ2v) is 11.2. The Labute approximate surface area is 220 Å². The number of benzene rings is 6. The molecule has 0 saturated carbocycles. The molecule has 0 aromatic heterocycles. The van der Waals surface area contributed by atoms with E-state index < -0.39 is 7.92 Å². The molecule has 6 aromatic carbocycles. The highest BCUT2D eigenvalue weighted by Gasteiger charge is 2.21. The van der Waals surface area contributed by atoms with E-state index in [0.29, 0.717) is 0 Å². The molecule has 0 bridgehead atoms. The fourth-order valence-electron chi connectivity index (χ4n) is 5.02. The van der Waals surface area contributed by atoms with E-state index in [4.69, 9.17) is 0 Å². The first kappa shape index (κ1) is 23.2. The molecule has 0 atom stereocenters. The molecule has 176 valence electrons. The summed E-state index contributed by atoms with van der Waals surface area (Å²) in [5.74, 6) is 0. The van der Waals surface area contributed by atoms with Gasteiger partial charge in [0.15, 0.2) is 0 Å². The molecule has 0 aliphatic carbocycles. The monoisotopic (exact) mass is 490 g/mol. The van der Waals surface area contributed by atoms with E-state index in [9.17, 15) is 0 Å². The molecule has 0 aliphatic heterocycles. The SMILES string of the molecule is c1ccc(-c2ccccc2-c2ccccc2-c2ccccc2P(c2ccccc2)c2ccccc2)cc1. The van der Waals surface area contributed by atoms with Crippen molar-refractivity contribution in [3.63, 3.8) is 0 Å². The Kier molecular flexibility index (Phi) is 6.76. The van der Waals surface area contributed by atoms with Gasteiger partial charge in [0.25, 0.3) is 0 Å². The second kappa shape index (κ2) is 10.8. The number of rotatable bonds is 6. The fourth-order valence-corrected chi connectivity index (χ4v) is 7.48. The molecule has 6 rings (SSSR count). The van der Waals surface area contributed by atoms with Crippen LogP contribution in [0.5, 0.6) is 0 Å². The maximum absolute atomic E-state index is 2.32. The first-order chi connectivity index (χ1) is 18.4. The van der Waals surface area contributed by atoms with Gasteiger partial charge in [0.05, 0.1) is 0 Å². The minimum Gasteiger partial charge on any atom is -0.0622 e. The van der Waals surface area contributed by atoms with Gasteiger partial charge in [-0.05, 0) is 57.2 Å². The normalized spacial score (nSPS) is 10.9. The summed E-state index contributed by atoms with van der Waals surface area (Å²) >= 11 is 0. The summed E-state index contributed by atoms with van der Waals surface area (Å²) in [5, 5.41) is 4.09. The Morgan fingerprint density at radius 1 is 0.270 bits per heavy atom. The maximum atomic E-state index is 2.32. The molecule has 0 heterocycles. The van der Waals surface area contributed by atoms with Crippen molar-refractivity contribution in [2.24, 2.45) is 0 Å². The van der Waals surface area contributed by atoms with Crippen molar-refractivity contribution in [1.29, 1.82) is 0 Å². The summed E-state index contributed by atoms with van der Waals surface area (Å²) in [6, 6.07) is 59.2. The van der Waals surface area contributed by atoms with Gasteiger partial charge in [-0.1, -0.05) is 164 Å². The van der Waals surface area contributed by atoms with Gasteiger partial charge in [-0.25, -0.2) is 0 Å². The predicted octanol–water partition coefficient (Wildman–Crippen LogP) is 8.45. The Balaban J connectivity index is 1.57. The molecule has 0 aliphatic rings. The largest absolute Gasteiger partial charge is 0.0622 e. The van der Waals surface area contributed by atoms with Crippen LogP contribution in [0.1, 0.15) is 0 Å². The molecule has 0 unspecified atom stereocenters. The summed E-state index contributed by atoms with van der Waals surface area (Å²) in [7, 11) is -0.723. The van der Waals surface area contributed by atoms with Crippen LogP contribution in [0.3, 0.4) is 0 Å². The van der Waals surface area contributed by atoms with Crippen LogP contribution < -0.4 is 15.9 Å². The third-order valence-electron chi connectivity index (χ3n) is 6.69. The molecular formula is C36H27P. The van der Waals surface area contributed by atoms with Gasteiger partial charge in [-0.15, -0.1) is 0 Å². The Morgan fingerprint density at radius 3 is 1.16 bits per heavy atom. The smallest absolute Gasteiger partial charge is 0.00724 e. The zero-order valence-electron chi connectivity index (χ0n) is 20.5. The molecule has 1 heteroatoms. The van der Waals surface area contributed by atoms with E-state index in [0.717, 1.165) is 0 Å². The highest BCUT2D eigenvalue weighted by molar-refractivity contribution is 7.80. The van der Waals surface area contributed by atoms with Gasteiger partial charge < -0.3 is 0 Å². The maximum Gasteiger partial charge on any atom is -0.00724 e. The Morgan fingerprint density at radius 2 is 0.622 bits per heavy atom. The number of hydrogen-bond acceptors (Lipinski definition) is 0. The van der Waals surface area contributed by atoms with E-state index in [1.165, 1.54) is 49.3 Å². The standard InChI is InChI=1S/C36H27P/c1-4-16-28(17-5-1)31-22-10-11-23-32(31)33-24-12-13-25-34(33)35-26-14-15-27-36(35)37(29-18-6-2-7-19-29)30-20-8-3-9-21-30/h1-27H. The molecule has 6 aromatic rings. The molecule has 37 heavy (non-hydrogen) atoms. The van der Waals surface area contributed by atoms with Crippen LogP contribution in [0.25, 0.3) is 33.4 Å². The highest BCUT2D eigenvalue weighted by Crippen LogP contribution is 2.41. The predicted molar refractivity (Wildman–Crippen MR) is 161 cm³/mol. The zero-order valence-corrected chi connectivity index (χ0v) is 21.4. The van der Waals surface area contributed by atoms with Gasteiger partial charge in [0.2, 0.25) is 0 Å². The molecule has 0 nitrogen and oxygen atoms in total. The van der Waals surface area contributed by atoms with Crippen molar-refractivity contribution in [2.45, 2.75) is 0 Å². The Hall–Kier alpha value is -4.25. The minimum absolute atomic E-state index is 0.723. The first-order valence-corrected chi connectivity index (χ1v) is 14.0. The Bertz CT molecular complexity index is 1570. The summed E-state index contributed by atoms with van der Waals surface area (Å²) in [6.07, 6.45) is 0. The lowest BCUT2D eigenvalue weighted by Crippen LogP contribution is -2.22. The van der Waals surface area contributed by atoms with E-state index >= 15 is 0 Å². The van der Waals surface area contributed by atoms with Crippen LogP contribution in [0.15, 0.2) is 164 Å². The van der Waals surface area contributed by atoms with Gasteiger partial charge in [-0.3, -0.25) is 0 Å². The average Bonchev–Trinajstić information content (AvgIpc) is 2.99. The van der Waals surface area contributed by atoms with Gasteiger partial charge in [-0.2, -0.15) is 0 Å². The van der Waals surface area contributed by atoms with Crippen molar-refractivity contribution in [3.8, 4) is 33.4 Å². The van der Waals surface area contributed by atoms with Crippen molar-refractivity contribution < 1.29 is 0 Å². The quantitative estimate of drug-likeness (QED) is 0.206. The molecule has 0 radical (unpaired) electrons. The molecule has 0 spiro atoms. The highest BCUT2D eigenvalue weighted by atomic mass is 31.1. The average molecular weight is 491 g/mol. The number of hydrogen-bond donors (Lipinski definition) is 0. The van der Waals surface area contributed by atoms with Gasteiger partial charge in [0, 0.05) is 0 Å². The molecule has 0 fully saturated rings. The lowest BCUT2D eigenvalue weighted by atomic mass is 9.89. The molecular weight excluding hydrogens is 463 g/mol.